The second-order valence-corrected chi connectivity index (χ2v) is 12.9. The highest BCUT2D eigenvalue weighted by Crippen LogP contribution is 2.68. The van der Waals surface area contributed by atoms with Crippen molar-refractivity contribution >= 4 is 17.5 Å². The summed E-state index contributed by atoms with van der Waals surface area (Å²) in [6.45, 7) is 3.80. The van der Waals surface area contributed by atoms with E-state index < -0.39 is 17.8 Å². The minimum Gasteiger partial charge on any atom is -0.507 e. The van der Waals surface area contributed by atoms with E-state index in [0.717, 1.165) is 37.9 Å². The van der Waals surface area contributed by atoms with Gasteiger partial charge in [0.15, 0.2) is 11.6 Å². The standard InChI is InChI=1S/C34H36O6/c1-17(35)40-16-20-13-19-15-26-24-9-7-18-14-21(39-3)8-10-22(18)23(24)11-12-34(26,2)31(19)30-28(20)33(38)29-25(32(30)37)5-4-6-27(29)36/h4-6,8,10,13-14,20,23-24,26,28,30-31,36H,7,9,11-12,15-16H2,1-3H3/t20?,23-,24-,26+,28?,30?,31?,34+/m1/s1. The summed E-state index contributed by atoms with van der Waals surface area (Å²) >= 11 is 0. The molecule has 7 rings (SSSR count). The fraction of sp³-hybridized carbons (Fsp3) is 0.500. The smallest absolute Gasteiger partial charge is 0.302 e. The highest BCUT2D eigenvalue weighted by Gasteiger charge is 2.64. The van der Waals surface area contributed by atoms with Crippen LogP contribution in [0.4, 0.5) is 0 Å². The van der Waals surface area contributed by atoms with Crippen molar-refractivity contribution in [2.24, 2.45) is 40.9 Å². The summed E-state index contributed by atoms with van der Waals surface area (Å²) in [5.41, 5.74) is 4.46. The van der Waals surface area contributed by atoms with E-state index >= 15 is 0 Å². The number of ether oxygens (including phenoxy) is 2. The van der Waals surface area contributed by atoms with Crippen LogP contribution in [-0.2, 0) is 16.0 Å². The summed E-state index contributed by atoms with van der Waals surface area (Å²) in [5.74, 6) is -0.0369. The Kier molecular flexibility index (Phi) is 5.78. The van der Waals surface area contributed by atoms with Gasteiger partial charge in [-0.3, -0.25) is 14.4 Å². The van der Waals surface area contributed by atoms with Crippen LogP contribution in [0.3, 0.4) is 0 Å². The molecule has 5 aliphatic rings. The Morgan fingerprint density at radius 2 is 1.93 bits per heavy atom. The molecule has 0 radical (unpaired) electrons. The molecule has 8 atom stereocenters. The number of phenols is 1. The molecule has 0 spiro atoms. The molecule has 2 aromatic carbocycles. The predicted octanol–water partition coefficient (Wildman–Crippen LogP) is 5.91. The molecule has 2 aromatic rings. The third kappa shape index (κ3) is 3.50. The van der Waals surface area contributed by atoms with Gasteiger partial charge in [0.1, 0.15) is 11.5 Å². The van der Waals surface area contributed by atoms with Crippen molar-refractivity contribution in [2.45, 2.75) is 51.9 Å². The van der Waals surface area contributed by atoms with Crippen LogP contribution in [0.2, 0.25) is 0 Å². The molecule has 4 unspecified atom stereocenters. The fourth-order valence-corrected chi connectivity index (χ4v) is 9.66. The van der Waals surface area contributed by atoms with Gasteiger partial charge in [-0.2, -0.15) is 0 Å². The zero-order valence-corrected chi connectivity index (χ0v) is 23.3. The molecule has 0 aliphatic heterocycles. The minimum atomic E-state index is -0.644. The second-order valence-electron chi connectivity index (χ2n) is 12.9. The number of hydrogen-bond acceptors (Lipinski definition) is 6. The van der Waals surface area contributed by atoms with Crippen LogP contribution in [0, 0.1) is 40.9 Å². The Hall–Kier alpha value is -3.41. The average Bonchev–Trinajstić information content (AvgIpc) is 3.25. The molecule has 208 valence electrons. The van der Waals surface area contributed by atoms with Crippen LogP contribution in [0.25, 0.3) is 0 Å². The van der Waals surface area contributed by atoms with Crippen LogP contribution in [0.5, 0.6) is 11.5 Å². The summed E-state index contributed by atoms with van der Waals surface area (Å²) in [5, 5.41) is 10.6. The molecule has 5 aliphatic carbocycles. The molecule has 2 fully saturated rings. The summed E-state index contributed by atoms with van der Waals surface area (Å²) in [6.07, 6.45) is 7.29. The summed E-state index contributed by atoms with van der Waals surface area (Å²) in [7, 11) is 1.71. The third-order valence-electron chi connectivity index (χ3n) is 11.2. The van der Waals surface area contributed by atoms with Gasteiger partial charge in [0.05, 0.1) is 19.3 Å². The molecular formula is C34H36O6. The van der Waals surface area contributed by atoms with E-state index in [-0.39, 0.29) is 46.7 Å². The van der Waals surface area contributed by atoms with Gasteiger partial charge in [-0.05, 0) is 90.5 Å². The van der Waals surface area contributed by atoms with E-state index in [1.54, 1.807) is 19.2 Å². The van der Waals surface area contributed by atoms with Crippen molar-refractivity contribution in [3.63, 3.8) is 0 Å². The van der Waals surface area contributed by atoms with E-state index in [0.29, 0.717) is 23.3 Å². The van der Waals surface area contributed by atoms with Crippen molar-refractivity contribution in [2.75, 3.05) is 13.7 Å². The highest BCUT2D eigenvalue weighted by molar-refractivity contribution is 6.18. The van der Waals surface area contributed by atoms with Gasteiger partial charge >= 0.3 is 5.97 Å². The number of fused-ring (bicyclic) bond motifs is 10. The van der Waals surface area contributed by atoms with Crippen molar-refractivity contribution < 1.29 is 29.0 Å². The quantitative estimate of drug-likeness (QED) is 0.384. The first kappa shape index (κ1) is 25.6. The number of benzene rings is 2. The number of ketones is 2. The molecule has 1 N–H and O–H groups in total. The number of aryl methyl sites for hydroxylation is 1. The maximum absolute atomic E-state index is 14.3. The number of allylic oxidation sites excluding steroid dienone is 1. The molecule has 6 nitrogen and oxygen atoms in total. The zero-order chi connectivity index (χ0) is 27.9. The van der Waals surface area contributed by atoms with Crippen molar-refractivity contribution in [1.82, 2.24) is 0 Å². The van der Waals surface area contributed by atoms with E-state index in [2.05, 4.69) is 31.2 Å². The Labute approximate surface area is 234 Å². The Bertz CT molecular complexity index is 1470. The number of carbonyl (C=O) groups is 3. The number of hydrogen-bond donors (Lipinski definition) is 1. The average molecular weight is 541 g/mol. The zero-order valence-electron chi connectivity index (χ0n) is 23.3. The van der Waals surface area contributed by atoms with Crippen molar-refractivity contribution in [3.05, 3.63) is 70.3 Å². The first-order valence-electron chi connectivity index (χ1n) is 14.6. The maximum atomic E-state index is 14.3. The fourth-order valence-electron chi connectivity index (χ4n) is 9.66. The van der Waals surface area contributed by atoms with Gasteiger partial charge in [0.2, 0.25) is 0 Å². The molecule has 0 amide bonds. The molecule has 40 heavy (non-hydrogen) atoms. The topological polar surface area (TPSA) is 89.9 Å². The Morgan fingerprint density at radius 1 is 1.10 bits per heavy atom. The van der Waals surface area contributed by atoms with Crippen molar-refractivity contribution in [3.8, 4) is 11.5 Å². The summed E-state index contributed by atoms with van der Waals surface area (Å²) in [4.78, 5) is 40.1. The van der Waals surface area contributed by atoms with E-state index in [4.69, 9.17) is 9.47 Å². The summed E-state index contributed by atoms with van der Waals surface area (Å²) in [6, 6.07) is 11.3. The van der Waals surface area contributed by atoms with Crippen LogP contribution < -0.4 is 4.74 Å². The number of phenolic OH excluding ortho intramolecular Hbond substituents is 1. The molecular weight excluding hydrogens is 504 g/mol. The van der Waals surface area contributed by atoms with E-state index in [1.165, 1.54) is 29.7 Å². The first-order valence-corrected chi connectivity index (χ1v) is 14.6. The molecule has 0 saturated heterocycles. The van der Waals surface area contributed by atoms with Crippen LogP contribution in [-0.4, -0.2) is 36.4 Å². The van der Waals surface area contributed by atoms with Gasteiger partial charge in [-0.1, -0.05) is 36.8 Å². The lowest BCUT2D eigenvalue weighted by Crippen LogP contribution is -2.52. The predicted molar refractivity (Wildman–Crippen MR) is 148 cm³/mol. The Morgan fingerprint density at radius 3 is 2.70 bits per heavy atom. The molecule has 0 bridgehead atoms. The lowest BCUT2D eigenvalue weighted by atomic mass is 9.50. The number of aromatic hydroxyl groups is 1. The number of methoxy groups -OCH3 is 1. The van der Waals surface area contributed by atoms with Gasteiger partial charge in [-0.15, -0.1) is 0 Å². The number of rotatable bonds is 3. The molecule has 0 aromatic heterocycles. The number of carbonyl (C=O) groups excluding carboxylic acids is 3. The van der Waals surface area contributed by atoms with Gasteiger partial charge in [-0.25, -0.2) is 0 Å². The number of Topliss-reactive ketones (excluding diaryl/α,β-unsaturated/α-hetero) is 2. The highest BCUT2D eigenvalue weighted by atomic mass is 16.5. The Balaban J connectivity index is 1.31. The van der Waals surface area contributed by atoms with E-state index in [1.807, 2.05) is 0 Å². The molecule has 6 heteroatoms. The number of esters is 1. The maximum Gasteiger partial charge on any atom is 0.302 e. The first-order chi connectivity index (χ1) is 19.2. The normalized spacial score (nSPS) is 35.3. The van der Waals surface area contributed by atoms with E-state index in [9.17, 15) is 19.5 Å². The van der Waals surface area contributed by atoms with Crippen molar-refractivity contribution in [1.29, 1.82) is 0 Å². The monoisotopic (exact) mass is 540 g/mol. The largest absolute Gasteiger partial charge is 0.507 e. The second kappa shape index (κ2) is 9.05. The lowest BCUT2D eigenvalue weighted by Gasteiger charge is -2.53. The minimum absolute atomic E-state index is 0.0266. The summed E-state index contributed by atoms with van der Waals surface area (Å²) < 4.78 is 10.9. The van der Waals surface area contributed by atoms with Gasteiger partial charge < -0.3 is 14.6 Å². The third-order valence-corrected chi connectivity index (χ3v) is 11.2. The van der Waals surface area contributed by atoms with Gasteiger partial charge in [0.25, 0.3) is 0 Å². The SMILES string of the molecule is COc1ccc2c(c1)CC[C@@H]1[C@@H]2CC[C@]2(C)C3C(=CC(COC(C)=O)C4C(=O)c5c(O)cccc5C(=O)C43)C[C@@H]12. The molecule has 0 heterocycles. The lowest BCUT2D eigenvalue weighted by molar-refractivity contribution is -0.142. The molecule has 2 saturated carbocycles. The van der Waals surface area contributed by atoms with Crippen LogP contribution in [0.15, 0.2) is 48.0 Å². The van der Waals surface area contributed by atoms with Crippen LogP contribution >= 0.6 is 0 Å². The van der Waals surface area contributed by atoms with Crippen LogP contribution in [0.1, 0.15) is 77.3 Å². The van der Waals surface area contributed by atoms with Gasteiger partial charge in [0, 0.05) is 30.2 Å².